The number of nitrogens with zero attached hydrogens (tertiary/aromatic N) is 4. The number of para-hydroxylation sites is 3. The van der Waals surface area contributed by atoms with Gasteiger partial charge in [-0.1, -0.05) is 152 Å². The van der Waals surface area contributed by atoms with E-state index in [4.69, 9.17) is 9.97 Å². The molecule has 0 aliphatic rings. The number of aromatic nitrogens is 2. The van der Waals surface area contributed by atoms with Crippen molar-refractivity contribution in [1.82, 2.24) is 9.97 Å². The first-order valence-corrected chi connectivity index (χ1v) is 18.3. The van der Waals surface area contributed by atoms with E-state index < -0.39 is 0 Å². The molecule has 4 nitrogen and oxygen atoms in total. The van der Waals surface area contributed by atoms with Crippen molar-refractivity contribution >= 4 is 66.7 Å². The molecule has 0 aliphatic carbocycles. The molecule has 254 valence electrons. The van der Waals surface area contributed by atoms with Gasteiger partial charge in [-0.25, -0.2) is 9.97 Å². The molecular weight excluding hydrogens is 657 g/mol. The molecule has 0 spiro atoms. The largest absolute Gasteiger partial charge is 0.310 e. The fourth-order valence-corrected chi connectivity index (χ4v) is 7.73. The monoisotopic (exact) mass is 690 g/mol. The summed E-state index contributed by atoms with van der Waals surface area (Å²) in [5.41, 5.74) is 9.16. The summed E-state index contributed by atoms with van der Waals surface area (Å²) in [4.78, 5) is 15.2. The van der Waals surface area contributed by atoms with Crippen molar-refractivity contribution in [3.05, 3.63) is 206 Å². The van der Waals surface area contributed by atoms with Crippen LogP contribution in [-0.4, -0.2) is 9.97 Å². The van der Waals surface area contributed by atoms with E-state index in [0.29, 0.717) is 5.95 Å². The molecule has 1 heterocycles. The Morgan fingerprint density at radius 1 is 0.315 bits per heavy atom. The molecule has 0 unspecified atom stereocenters. The first kappa shape index (κ1) is 31.4. The highest BCUT2D eigenvalue weighted by atomic mass is 15.3. The van der Waals surface area contributed by atoms with Gasteiger partial charge in [-0.05, 0) is 76.1 Å². The zero-order valence-electron chi connectivity index (χ0n) is 29.4. The molecule has 0 atom stereocenters. The van der Waals surface area contributed by atoms with Crippen molar-refractivity contribution in [2.75, 3.05) is 9.80 Å². The van der Waals surface area contributed by atoms with E-state index in [1.807, 2.05) is 12.1 Å². The fourth-order valence-electron chi connectivity index (χ4n) is 7.73. The van der Waals surface area contributed by atoms with Crippen molar-refractivity contribution in [3.63, 3.8) is 0 Å². The number of anilines is 6. The third-order valence-corrected chi connectivity index (χ3v) is 10.2. The number of benzene rings is 9. The molecule has 0 fully saturated rings. The van der Waals surface area contributed by atoms with Gasteiger partial charge in [0.05, 0.1) is 22.8 Å². The Bertz CT molecular complexity index is 2760. The van der Waals surface area contributed by atoms with Crippen molar-refractivity contribution in [1.29, 1.82) is 0 Å². The lowest BCUT2D eigenvalue weighted by Gasteiger charge is -2.28. The lowest BCUT2D eigenvalue weighted by molar-refractivity contribution is 1.09. The molecule has 0 aliphatic heterocycles. The molecule has 0 N–H and O–H groups in total. The highest BCUT2D eigenvalue weighted by Crippen LogP contribution is 2.47. The lowest BCUT2D eigenvalue weighted by atomic mass is 9.92. The van der Waals surface area contributed by atoms with Crippen molar-refractivity contribution in [3.8, 4) is 22.5 Å². The molecule has 4 heteroatoms. The Morgan fingerprint density at radius 3 is 1.09 bits per heavy atom. The highest BCUT2D eigenvalue weighted by Gasteiger charge is 2.23. The average Bonchev–Trinajstić information content (AvgIpc) is 3.25. The Labute approximate surface area is 314 Å². The molecule has 54 heavy (non-hydrogen) atoms. The van der Waals surface area contributed by atoms with Gasteiger partial charge >= 0.3 is 0 Å². The molecule has 10 rings (SSSR count). The molecule has 10 aromatic rings. The van der Waals surface area contributed by atoms with Gasteiger partial charge in [0.1, 0.15) is 0 Å². The van der Waals surface area contributed by atoms with Crippen LogP contribution in [0.15, 0.2) is 206 Å². The van der Waals surface area contributed by atoms with Gasteiger partial charge in [0, 0.05) is 39.0 Å². The summed E-state index contributed by atoms with van der Waals surface area (Å²) in [6, 6.07) is 72.6. The summed E-state index contributed by atoms with van der Waals surface area (Å²) in [7, 11) is 0. The Morgan fingerprint density at radius 2 is 0.667 bits per heavy atom. The quantitative estimate of drug-likeness (QED) is 0.149. The molecular formula is C50H34N4. The van der Waals surface area contributed by atoms with Crippen LogP contribution < -0.4 is 9.80 Å². The van der Waals surface area contributed by atoms with E-state index in [-0.39, 0.29) is 0 Å². The van der Waals surface area contributed by atoms with E-state index in [1.54, 1.807) is 0 Å². The van der Waals surface area contributed by atoms with Crippen molar-refractivity contribution in [2.45, 2.75) is 0 Å². The van der Waals surface area contributed by atoms with E-state index >= 15 is 0 Å². The van der Waals surface area contributed by atoms with Gasteiger partial charge in [-0.3, -0.25) is 4.90 Å². The van der Waals surface area contributed by atoms with Gasteiger partial charge < -0.3 is 4.90 Å². The Hall–Kier alpha value is -7.30. The number of rotatable bonds is 8. The zero-order valence-corrected chi connectivity index (χ0v) is 29.4. The van der Waals surface area contributed by atoms with Gasteiger partial charge in [-0.15, -0.1) is 0 Å². The Kier molecular flexibility index (Phi) is 7.77. The molecule has 0 radical (unpaired) electrons. The minimum absolute atomic E-state index is 0.608. The number of hydrogen-bond acceptors (Lipinski definition) is 4. The Balaban J connectivity index is 1.23. The standard InChI is InChI=1S/C50H34N4/c1-6-16-35(17-7-1)44-34-45(36-18-8-2-9-19-36)52-50(51-44)54(41-24-14-5-15-25-41)47-33-29-38-26-30-42-46(32-28-37-27-31-43(47)49(38)48(37)42)53(39-20-10-3-11-21-39)40-22-12-4-13-23-40/h1-34H. The van der Waals surface area contributed by atoms with E-state index in [2.05, 4.69) is 204 Å². The fraction of sp³-hybridized carbons (Fsp3) is 0. The predicted molar refractivity (Wildman–Crippen MR) is 226 cm³/mol. The first-order chi connectivity index (χ1) is 26.8. The normalized spacial score (nSPS) is 11.3. The lowest BCUT2D eigenvalue weighted by Crippen LogP contribution is -2.15. The topological polar surface area (TPSA) is 32.3 Å². The second-order valence-corrected chi connectivity index (χ2v) is 13.4. The van der Waals surface area contributed by atoms with Gasteiger partial charge in [0.25, 0.3) is 0 Å². The maximum atomic E-state index is 5.30. The maximum absolute atomic E-state index is 5.30. The molecule has 0 amide bonds. The molecule has 0 saturated heterocycles. The minimum atomic E-state index is 0.608. The summed E-state index contributed by atoms with van der Waals surface area (Å²) < 4.78 is 0. The van der Waals surface area contributed by atoms with Gasteiger partial charge in [0.15, 0.2) is 0 Å². The van der Waals surface area contributed by atoms with Crippen LogP contribution >= 0.6 is 0 Å². The summed E-state index contributed by atoms with van der Waals surface area (Å²) >= 11 is 0. The smallest absolute Gasteiger partial charge is 0.235 e. The van der Waals surface area contributed by atoms with E-state index in [1.165, 1.54) is 26.9 Å². The summed E-state index contributed by atoms with van der Waals surface area (Å²) in [5, 5.41) is 7.16. The van der Waals surface area contributed by atoms with Crippen molar-refractivity contribution < 1.29 is 0 Å². The van der Waals surface area contributed by atoms with E-state index in [9.17, 15) is 0 Å². The highest BCUT2D eigenvalue weighted by molar-refractivity contribution is 6.28. The zero-order chi connectivity index (χ0) is 35.8. The third kappa shape index (κ3) is 5.49. The third-order valence-electron chi connectivity index (χ3n) is 10.2. The number of hydrogen-bond donors (Lipinski definition) is 0. The second-order valence-electron chi connectivity index (χ2n) is 13.4. The summed E-state index contributed by atoms with van der Waals surface area (Å²) in [6.07, 6.45) is 0. The molecule has 9 aromatic carbocycles. The second kappa shape index (κ2) is 13.4. The van der Waals surface area contributed by atoms with Crippen LogP contribution in [-0.2, 0) is 0 Å². The average molecular weight is 691 g/mol. The first-order valence-electron chi connectivity index (χ1n) is 18.3. The minimum Gasteiger partial charge on any atom is -0.310 e. The van der Waals surface area contributed by atoms with Gasteiger partial charge in [0.2, 0.25) is 5.95 Å². The van der Waals surface area contributed by atoms with Crippen LogP contribution in [0.4, 0.5) is 34.4 Å². The van der Waals surface area contributed by atoms with Crippen LogP contribution in [0.5, 0.6) is 0 Å². The van der Waals surface area contributed by atoms with Gasteiger partial charge in [-0.2, -0.15) is 0 Å². The van der Waals surface area contributed by atoms with Crippen LogP contribution in [0.25, 0.3) is 54.8 Å². The predicted octanol–water partition coefficient (Wildman–Crippen LogP) is 13.6. The molecule has 1 aromatic heterocycles. The van der Waals surface area contributed by atoms with E-state index in [0.717, 1.165) is 56.3 Å². The maximum Gasteiger partial charge on any atom is 0.235 e. The van der Waals surface area contributed by atoms with Crippen LogP contribution in [0.3, 0.4) is 0 Å². The van der Waals surface area contributed by atoms with Crippen molar-refractivity contribution in [2.24, 2.45) is 0 Å². The summed E-state index contributed by atoms with van der Waals surface area (Å²) in [5.74, 6) is 0.608. The molecule has 0 bridgehead atoms. The molecule has 0 saturated carbocycles. The van der Waals surface area contributed by atoms with Crippen LogP contribution in [0, 0.1) is 0 Å². The SMILES string of the molecule is c1ccc(-c2cc(-c3ccccc3)nc(N(c3ccccc3)c3ccc4ccc5c(N(c6ccccc6)c6ccccc6)ccc6ccc3c4c65)n2)cc1. The van der Waals surface area contributed by atoms with Crippen LogP contribution in [0.1, 0.15) is 0 Å². The summed E-state index contributed by atoms with van der Waals surface area (Å²) in [6.45, 7) is 0. The van der Waals surface area contributed by atoms with Crippen LogP contribution in [0.2, 0.25) is 0 Å².